The number of ether oxygens (including phenoxy) is 1. The number of rotatable bonds is 5. The summed E-state index contributed by atoms with van der Waals surface area (Å²) in [5, 5.41) is 0.0829. The zero-order chi connectivity index (χ0) is 15.4. The Morgan fingerprint density at radius 3 is 2.67 bits per heavy atom. The Hall–Kier alpha value is -1.58. The van der Waals surface area contributed by atoms with E-state index in [-0.39, 0.29) is 11.1 Å². The van der Waals surface area contributed by atoms with Crippen LogP contribution >= 0.6 is 11.6 Å². The molecule has 0 bridgehead atoms. The van der Waals surface area contributed by atoms with Gasteiger partial charge in [-0.1, -0.05) is 36.2 Å². The van der Waals surface area contributed by atoms with Crippen molar-refractivity contribution >= 4 is 11.6 Å². The molecule has 112 valence electrons. The molecule has 0 aliphatic rings. The summed E-state index contributed by atoms with van der Waals surface area (Å²) in [7, 11) is 0. The summed E-state index contributed by atoms with van der Waals surface area (Å²) in [6.07, 6.45) is 1.62. The minimum Gasteiger partial charge on any atom is -0.457 e. The zero-order valence-electron chi connectivity index (χ0n) is 12.2. The molecule has 0 saturated heterocycles. The maximum absolute atomic E-state index is 13.5. The number of halogens is 2. The van der Waals surface area contributed by atoms with Gasteiger partial charge >= 0.3 is 0 Å². The van der Waals surface area contributed by atoms with Gasteiger partial charge in [-0.15, -0.1) is 0 Å². The first-order chi connectivity index (χ1) is 9.99. The molecule has 0 heterocycles. The Kier molecular flexibility index (Phi) is 5.21. The van der Waals surface area contributed by atoms with Crippen molar-refractivity contribution in [2.45, 2.75) is 32.7 Å². The smallest absolute Gasteiger partial charge is 0.145 e. The second-order valence-corrected chi connectivity index (χ2v) is 5.57. The van der Waals surface area contributed by atoms with Gasteiger partial charge in [0.15, 0.2) is 0 Å². The van der Waals surface area contributed by atoms with Crippen LogP contribution in [0.1, 0.15) is 24.5 Å². The summed E-state index contributed by atoms with van der Waals surface area (Å²) < 4.78 is 19.3. The van der Waals surface area contributed by atoms with E-state index >= 15 is 0 Å². The molecular weight excluding hydrogens is 289 g/mol. The minimum atomic E-state index is -0.493. The molecule has 2 aromatic carbocycles. The molecule has 0 saturated carbocycles. The molecule has 0 fully saturated rings. The Labute approximate surface area is 129 Å². The van der Waals surface area contributed by atoms with Gasteiger partial charge in [0, 0.05) is 12.1 Å². The fraction of sp³-hybridized carbons (Fsp3) is 0.294. The van der Waals surface area contributed by atoms with E-state index in [0.717, 1.165) is 24.0 Å². The monoisotopic (exact) mass is 307 g/mol. The van der Waals surface area contributed by atoms with Gasteiger partial charge in [0.2, 0.25) is 0 Å². The predicted molar refractivity (Wildman–Crippen MR) is 84.6 cm³/mol. The van der Waals surface area contributed by atoms with E-state index in [1.54, 1.807) is 6.07 Å². The normalized spacial score (nSPS) is 12.2. The molecule has 1 atom stereocenters. The third-order valence-electron chi connectivity index (χ3n) is 3.34. The van der Waals surface area contributed by atoms with E-state index in [4.69, 9.17) is 22.1 Å². The van der Waals surface area contributed by atoms with Gasteiger partial charge in [0.05, 0.1) is 5.02 Å². The van der Waals surface area contributed by atoms with Gasteiger partial charge in [0.1, 0.15) is 17.3 Å². The van der Waals surface area contributed by atoms with Crippen molar-refractivity contribution in [3.63, 3.8) is 0 Å². The zero-order valence-corrected chi connectivity index (χ0v) is 13.0. The molecule has 0 spiro atoms. The van der Waals surface area contributed by atoms with Crippen LogP contribution < -0.4 is 10.5 Å². The van der Waals surface area contributed by atoms with Gasteiger partial charge in [-0.3, -0.25) is 0 Å². The molecule has 0 aliphatic heterocycles. The van der Waals surface area contributed by atoms with Crippen molar-refractivity contribution in [3.05, 3.63) is 58.4 Å². The molecule has 0 aliphatic carbocycles. The predicted octanol–water partition coefficient (Wildman–Crippen LogP) is 4.86. The van der Waals surface area contributed by atoms with Crippen LogP contribution in [0.4, 0.5) is 4.39 Å². The Balaban J connectivity index is 2.28. The fourth-order valence-corrected chi connectivity index (χ4v) is 2.18. The quantitative estimate of drug-likeness (QED) is 0.856. The lowest BCUT2D eigenvalue weighted by Gasteiger charge is -2.15. The number of aryl methyl sites for hydroxylation is 1. The molecule has 0 amide bonds. The van der Waals surface area contributed by atoms with Crippen LogP contribution in [-0.4, -0.2) is 6.04 Å². The molecule has 0 aromatic heterocycles. The standard InChI is InChI=1S/C17H19ClFNO/c1-3-13(20)9-12-8-11(2)4-7-17(12)21-14-5-6-15(18)16(19)10-14/h4-8,10,13H,3,9,20H2,1-2H3. The van der Waals surface area contributed by atoms with Gasteiger partial charge in [-0.25, -0.2) is 4.39 Å². The van der Waals surface area contributed by atoms with E-state index in [2.05, 4.69) is 13.0 Å². The lowest BCUT2D eigenvalue weighted by Crippen LogP contribution is -2.21. The molecule has 2 N–H and O–H groups in total. The molecule has 2 aromatic rings. The summed E-state index contributed by atoms with van der Waals surface area (Å²) in [6, 6.07) is 10.4. The van der Waals surface area contributed by atoms with Crippen molar-refractivity contribution in [3.8, 4) is 11.5 Å². The second-order valence-electron chi connectivity index (χ2n) is 5.16. The third kappa shape index (κ3) is 4.19. The topological polar surface area (TPSA) is 35.2 Å². The average Bonchev–Trinajstić information content (AvgIpc) is 2.45. The van der Waals surface area contributed by atoms with Crippen molar-refractivity contribution in [1.82, 2.24) is 0 Å². The summed E-state index contributed by atoms with van der Waals surface area (Å²) in [4.78, 5) is 0. The summed E-state index contributed by atoms with van der Waals surface area (Å²) in [6.45, 7) is 4.07. The van der Waals surface area contributed by atoms with Gasteiger partial charge in [-0.05, 0) is 43.5 Å². The van der Waals surface area contributed by atoms with E-state index in [0.29, 0.717) is 11.5 Å². The summed E-state index contributed by atoms with van der Waals surface area (Å²) in [5.41, 5.74) is 8.20. The second kappa shape index (κ2) is 6.92. The van der Waals surface area contributed by atoms with Crippen molar-refractivity contribution < 1.29 is 9.13 Å². The third-order valence-corrected chi connectivity index (χ3v) is 3.65. The first kappa shape index (κ1) is 15.8. The van der Waals surface area contributed by atoms with Crippen molar-refractivity contribution in [2.24, 2.45) is 5.73 Å². The van der Waals surface area contributed by atoms with E-state index in [1.165, 1.54) is 12.1 Å². The molecule has 1 unspecified atom stereocenters. The highest BCUT2D eigenvalue weighted by Gasteiger charge is 2.10. The number of benzene rings is 2. The van der Waals surface area contributed by atoms with Crippen LogP contribution in [0.5, 0.6) is 11.5 Å². The molecule has 4 heteroatoms. The SMILES string of the molecule is CCC(N)Cc1cc(C)ccc1Oc1ccc(Cl)c(F)c1. The van der Waals surface area contributed by atoms with Crippen LogP contribution in [0.3, 0.4) is 0 Å². The lowest BCUT2D eigenvalue weighted by molar-refractivity contribution is 0.467. The minimum absolute atomic E-state index is 0.0797. The summed E-state index contributed by atoms with van der Waals surface area (Å²) >= 11 is 5.68. The fourth-order valence-electron chi connectivity index (χ4n) is 2.06. The largest absolute Gasteiger partial charge is 0.457 e. The van der Waals surface area contributed by atoms with Crippen LogP contribution in [0.2, 0.25) is 5.02 Å². The lowest BCUT2D eigenvalue weighted by atomic mass is 10.0. The summed E-state index contributed by atoms with van der Waals surface area (Å²) in [5.74, 6) is 0.631. The van der Waals surface area contributed by atoms with Gasteiger partial charge in [0.25, 0.3) is 0 Å². The maximum Gasteiger partial charge on any atom is 0.145 e. The van der Waals surface area contributed by atoms with E-state index in [1.807, 2.05) is 19.1 Å². The Bertz CT molecular complexity index is 630. The first-order valence-electron chi connectivity index (χ1n) is 6.97. The molecule has 2 nitrogen and oxygen atoms in total. The average molecular weight is 308 g/mol. The highest BCUT2D eigenvalue weighted by molar-refractivity contribution is 6.30. The van der Waals surface area contributed by atoms with Crippen LogP contribution in [-0.2, 0) is 6.42 Å². The Morgan fingerprint density at radius 1 is 1.24 bits per heavy atom. The van der Waals surface area contributed by atoms with Crippen molar-refractivity contribution in [2.75, 3.05) is 0 Å². The number of hydrogen-bond donors (Lipinski definition) is 1. The highest BCUT2D eigenvalue weighted by atomic mass is 35.5. The van der Waals surface area contributed by atoms with Crippen LogP contribution in [0, 0.1) is 12.7 Å². The van der Waals surface area contributed by atoms with Gasteiger partial charge in [-0.2, -0.15) is 0 Å². The van der Waals surface area contributed by atoms with Crippen LogP contribution in [0.25, 0.3) is 0 Å². The molecule has 2 rings (SSSR count). The molecule has 0 radical (unpaired) electrons. The highest BCUT2D eigenvalue weighted by Crippen LogP contribution is 2.29. The van der Waals surface area contributed by atoms with E-state index < -0.39 is 5.82 Å². The van der Waals surface area contributed by atoms with Gasteiger partial charge < -0.3 is 10.5 Å². The van der Waals surface area contributed by atoms with Crippen molar-refractivity contribution in [1.29, 1.82) is 0 Å². The first-order valence-corrected chi connectivity index (χ1v) is 7.35. The number of nitrogens with two attached hydrogens (primary N) is 1. The Morgan fingerprint density at radius 2 is 2.00 bits per heavy atom. The molecular formula is C17H19ClFNO. The number of hydrogen-bond acceptors (Lipinski definition) is 2. The van der Waals surface area contributed by atoms with E-state index in [9.17, 15) is 4.39 Å². The maximum atomic E-state index is 13.5. The molecule has 21 heavy (non-hydrogen) atoms. The van der Waals surface area contributed by atoms with Crippen LogP contribution in [0.15, 0.2) is 36.4 Å².